The largest absolute Gasteiger partial charge is 0.508 e. The molecular weight excluding hydrogens is 370 g/mol. The van der Waals surface area contributed by atoms with Crippen LogP contribution >= 0.6 is 0 Å². The van der Waals surface area contributed by atoms with E-state index in [1.54, 1.807) is 12.1 Å². The van der Waals surface area contributed by atoms with E-state index in [9.17, 15) is 5.11 Å². The summed E-state index contributed by atoms with van der Waals surface area (Å²) in [5.74, 6) is 0.292. The van der Waals surface area contributed by atoms with Crippen LogP contribution in [-0.2, 0) is 0 Å². The summed E-state index contributed by atoms with van der Waals surface area (Å²) in [7, 11) is 0. The van der Waals surface area contributed by atoms with Crippen LogP contribution in [0.1, 0.15) is 29.7 Å². The highest BCUT2D eigenvalue weighted by molar-refractivity contribution is 5.78. The molecule has 2 N–H and O–H groups in total. The molecule has 3 aromatic carbocycles. The summed E-state index contributed by atoms with van der Waals surface area (Å²) in [6.45, 7) is 5.96. The van der Waals surface area contributed by atoms with Crippen LogP contribution in [0.4, 0.5) is 0 Å². The molecule has 0 atom stereocenters. The maximum absolute atomic E-state index is 9.55. The van der Waals surface area contributed by atoms with Crippen LogP contribution in [0.15, 0.2) is 78.9 Å². The molecule has 1 aliphatic carbocycles. The number of hydrogen-bond acceptors (Lipinski definition) is 4. The third-order valence-electron chi connectivity index (χ3n) is 6.23. The van der Waals surface area contributed by atoms with Crippen molar-refractivity contribution < 1.29 is 5.11 Å². The summed E-state index contributed by atoms with van der Waals surface area (Å²) in [6.07, 6.45) is 2.09. The lowest BCUT2D eigenvalue weighted by atomic mass is 10.0. The fourth-order valence-corrected chi connectivity index (χ4v) is 4.72. The van der Waals surface area contributed by atoms with Crippen molar-refractivity contribution in [3.63, 3.8) is 0 Å². The number of allylic oxidation sites excluding steroid dienone is 1. The average molecular weight is 398 g/mol. The van der Waals surface area contributed by atoms with Crippen molar-refractivity contribution in [1.82, 2.24) is 15.3 Å². The standard InChI is InChI=1S/C26H27N3O/c1-2-25(19-11-13-20(30)14-12-19)27-29-17-15-28(16-18-29)26-23-9-5-3-7-21(23)22-8-4-6-10-24(22)26/h2-14,26-27,30H,15-18H2,1H3/b25-2-. The van der Waals surface area contributed by atoms with Gasteiger partial charge in [-0.3, -0.25) is 4.90 Å². The van der Waals surface area contributed by atoms with Gasteiger partial charge in [0.25, 0.3) is 0 Å². The van der Waals surface area contributed by atoms with Gasteiger partial charge in [0.1, 0.15) is 5.75 Å². The smallest absolute Gasteiger partial charge is 0.115 e. The Hall–Kier alpha value is -3.08. The molecule has 0 unspecified atom stereocenters. The Balaban J connectivity index is 1.30. The first kappa shape index (κ1) is 18.9. The zero-order valence-corrected chi connectivity index (χ0v) is 17.3. The molecule has 0 saturated carbocycles. The quantitative estimate of drug-likeness (QED) is 0.672. The van der Waals surface area contributed by atoms with Gasteiger partial charge in [-0.1, -0.05) is 54.6 Å². The van der Waals surface area contributed by atoms with Crippen molar-refractivity contribution in [3.8, 4) is 16.9 Å². The van der Waals surface area contributed by atoms with E-state index >= 15 is 0 Å². The third-order valence-corrected chi connectivity index (χ3v) is 6.23. The van der Waals surface area contributed by atoms with E-state index in [0.29, 0.717) is 11.8 Å². The molecule has 4 nitrogen and oxygen atoms in total. The molecule has 1 heterocycles. The van der Waals surface area contributed by atoms with E-state index in [0.717, 1.165) is 37.4 Å². The number of phenols is 1. The van der Waals surface area contributed by atoms with E-state index in [1.807, 2.05) is 19.1 Å². The van der Waals surface area contributed by atoms with Crippen molar-refractivity contribution >= 4 is 5.70 Å². The molecular formula is C26H27N3O. The molecule has 0 radical (unpaired) electrons. The molecule has 1 fully saturated rings. The zero-order chi connectivity index (χ0) is 20.5. The van der Waals surface area contributed by atoms with Crippen molar-refractivity contribution in [2.45, 2.75) is 13.0 Å². The minimum atomic E-state index is 0.292. The highest BCUT2D eigenvalue weighted by Gasteiger charge is 2.34. The molecule has 4 heteroatoms. The van der Waals surface area contributed by atoms with Crippen LogP contribution in [0, 0.1) is 0 Å². The molecule has 1 aliphatic heterocycles. The number of hydrogen-bond donors (Lipinski definition) is 2. The Kier molecular flexibility index (Phi) is 5.03. The van der Waals surface area contributed by atoms with Crippen molar-refractivity contribution in [3.05, 3.63) is 95.6 Å². The summed E-state index contributed by atoms with van der Waals surface area (Å²) in [5, 5.41) is 11.8. The minimum Gasteiger partial charge on any atom is -0.508 e. The van der Waals surface area contributed by atoms with E-state index < -0.39 is 0 Å². The van der Waals surface area contributed by atoms with Gasteiger partial charge in [0.2, 0.25) is 0 Å². The number of nitrogens with one attached hydrogen (secondary N) is 1. The third kappa shape index (κ3) is 3.38. The van der Waals surface area contributed by atoms with Crippen LogP contribution in [-0.4, -0.2) is 41.2 Å². The number of fused-ring (bicyclic) bond motifs is 3. The SMILES string of the molecule is C/C=C(\NN1CCN(C2c3ccccc3-c3ccccc32)CC1)c1ccc(O)cc1. The van der Waals surface area contributed by atoms with Crippen LogP contribution < -0.4 is 5.43 Å². The highest BCUT2D eigenvalue weighted by Crippen LogP contribution is 2.46. The minimum absolute atomic E-state index is 0.292. The first-order valence-corrected chi connectivity index (χ1v) is 10.6. The van der Waals surface area contributed by atoms with Crippen LogP contribution in [0.25, 0.3) is 16.8 Å². The molecule has 0 aromatic heterocycles. The van der Waals surface area contributed by atoms with Gasteiger partial charge in [-0.25, -0.2) is 5.01 Å². The molecule has 0 bridgehead atoms. The van der Waals surface area contributed by atoms with Gasteiger partial charge in [-0.2, -0.15) is 0 Å². The molecule has 1 saturated heterocycles. The van der Waals surface area contributed by atoms with Gasteiger partial charge in [0.05, 0.1) is 11.7 Å². The molecule has 0 spiro atoms. The molecule has 0 amide bonds. The first-order chi connectivity index (χ1) is 14.7. The van der Waals surface area contributed by atoms with E-state index in [2.05, 4.69) is 69.9 Å². The fourth-order valence-electron chi connectivity index (χ4n) is 4.72. The Morgan fingerprint density at radius 3 is 1.97 bits per heavy atom. The monoisotopic (exact) mass is 397 g/mol. The van der Waals surface area contributed by atoms with Crippen molar-refractivity contribution in [2.24, 2.45) is 0 Å². The Morgan fingerprint density at radius 2 is 1.40 bits per heavy atom. The second-order valence-corrected chi connectivity index (χ2v) is 7.96. The van der Waals surface area contributed by atoms with E-state index in [4.69, 9.17) is 0 Å². The number of nitrogens with zero attached hydrogens (tertiary/aromatic N) is 2. The summed E-state index contributed by atoms with van der Waals surface area (Å²) in [5.41, 5.74) is 11.3. The normalized spacial score (nSPS) is 17.6. The number of phenolic OH excluding ortho intramolecular Hbond substituents is 1. The number of hydrazine groups is 1. The van der Waals surface area contributed by atoms with Crippen molar-refractivity contribution in [2.75, 3.05) is 26.2 Å². The van der Waals surface area contributed by atoms with Crippen molar-refractivity contribution in [1.29, 1.82) is 0 Å². The predicted octanol–water partition coefficient (Wildman–Crippen LogP) is 4.65. The maximum atomic E-state index is 9.55. The number of aromatic hydroxyl groups is 1. The van der Waals surface area contributed by atoms with Crippen LogP contribution in [0.2, 0.25) is 0 Å². The Bertz CT molecular complexity index is 1020. The van der Waals surface area contributed by atoms with Crippen LogP contribution in [0.5, 0.6) is 5.75 Å². The molecule has 3 aromatic rings. The predicted molar refractivity (Wildman–Crippen MR) is 122 cm³/mol. The van der Waals surface area contributed by atoms with E-state index in [1.165, 1.54) is 22.3 Å². The highest BCUT2D eigenvalue weighted by atomic mass is 16.3. The number of piperazine rings is 1. The molecule has 5 rings (SSSR count). The fraction of sp³-hybridized carbons (Fsp3) is 0.231. The van der Waals surface area contributed by atoms with Gasteiger partial charge in [0, 0.05) is 26.2 Å². The lowest BCUT2D eigenvalue weighted by Crippen LogP contribution is -2.52. The zero-order valence-electron chi connectivity index (χ0n) is 17.3. The average Bonchev–Trinajstić information content (AvgIpc) is 3.13. The number of rotatable bonds is 4. The van der Waals surface area contributed by atoms with Gasteiger partial charge in [0.15, 0.2) is 0 Å². The van der Waals surface area contributed by atoms with E-state index in [-0.39, 0.29) is 0 Å². The first-order valence-electron chi connectivity index (χ1n) is 10.6. The molecule has 30 heavy (non-hydrogen) atoms. The maximum Gasteiger partial charge on any atom is 0.115 e. The van der Waals surface area contributed by atoms with Gasteiger partial charge in [-0.05, 0) is 59.0 Å². The molecule has 152 valence electrons. The van der Waals surface area contributed by atoms with Gasteiger partial charge >= 0.3 is 0 Å². The van der Waals surface area contributed by atoms with Gasteiger partial charge in [-0.15, -0.1) is 0 Å². The van der Waals surface area contributed by atoms with Crippen LogP contribution in [0.3, 0.4) is 0 Å². The lowest BCUT2D eigenvalue weighted by molar-refractivity contribution is 0.0905. The van der Waals surface area contributed by atoms with Gasteiger partial charge < -0.3 is 10.5 Å². The summed E-state index contributed by atoms with van der Waals surface area (Å²) < 4.78 is 0. The Labute approximate surface area is 178 Å². The number of benzene rings is 3. The topological polar surface area (TPSA) is 38.7 Å². The second kappa shape index (κ2) is 7.98. The summed E-state index contributed by atoms with van der Waals surface area (Å²) >= 11 is 0. The molecule has 2 aliphatic rings. The lowest BCUT2D eigenvalue weighted by Gasteiger charge is -2.39. The second-order valence-electron chi connectivity index (χ2n) is 7.96. The summed E-state index contributed by atoms with van der Waals surface area (Å²) in [4.78, 5) is 2.61. The summed E-state index contributed by atoms with van der Waals surface area (Å²) in [6, 6.07) is 25.4. The Morgan fingerprint density at radius 1 is 0.833 bits per heavy atom.